The predicted molar refractivity (Wildman–Crippen MR) is 105 cm³/mol. The maximum absolute atomic E-state index is 12.5. The van der Waals surface area contributed by atoms with Gasteiger partial charge in [-0.25, -0.2) is 5.10 Å². The lowest BCUT2D eigenvalue weighted by atomic mass is 10.1. The molecular formula is C21H23N3O2. The number of carbonyl (C=O) groups excluding carboxylic acids is 1. The van der Waals surface area contributed by atoms with E-state index in [1.54, 1.807) is 12.2 Å². The topological polar surface area (TPSA) is 74.8 Å². The van der Waals surface area contributed by atoms with E-state index >= 15 is 0 Å². The van der Waals surface area contributed by atoms with E-state index in [-0.39, 0.29) is 5.56 Å². The molecule has 1 amide bonds. The van der Waals surface area contributed by atoms with Crippen molar-refractivity contribution >= 4 is 11.5 Å². The number of benzene rings is 1. The molecule has 2 N–H and O–H groups in total. The Morgan fingerprint density at radius 2 is 2.08 bits per heavy atom. The van der Waals surface area contributed by atoms with Gasteiger partial charge in [-0.05, 0) is 38.0 Å². The highest BCUT2D eigenvalue weighted by Crippen LogP contribution is 2.14. The minimum atomic E-state index is -0.523. The van der Waals surface area contributed by atoms with Crippen LogP contribution in [-0.2, 0) is 6.54 Å². The smallest absolute Gasteiger partial charge is 0.277 e. The van der Waals surface area contributed by atoms with E-state index in [9.17, 15) is 9.59 Å². The Morgan fingerprint density at radius 3 is 2.73 bits per heavy atom. The Hall–Kier alpha value is -3.21. The van der Waals surface area contributed by atoms with Crippen molar-refractivity contribution in [3.8, 4) is 0 Å². The zero-order chi connectivity index (χ0) is 19.1. The minimum Gasteiger partial charge on any atom is -0.348 e. The average molecular weight is 349 g/mol. The summed E-state index contributed by atoms with van der Waals surface area (Å²) in [5, 5.41) is 9.21. The lowest BCUT2D eigenvalue weighted by Gasteiger charge is -2.09. The van der Waals surface area contributed by atoms with Gasteiger partial charge in [-0.15, -0.1) is 0 Å². The van der Waals surface area contributed by atoms with Crippen molar-refractivity contribution in [2.45, 2.75) is 27.3 Å². The van der Waals surface area contributed by atoms with Crippen molar-refractivity contribution in [1.29, 1.82) is 0 Å². The van der Waals surface area contributed by atoms with Crippen LogP contribution in [0.25, 0.3) is 5.57 Å². The van der Waals surface area contributed by atoms with Gasteiger partial charge in [0.05, 0.1) is 5.69 Å². The zero-order valence-electron chi connectivity index (χ0n) is 15.3. The molecule has 0 aliphatic carbocycles. The van der Waals surface area contributed by atoms with Crippen LogP contribution in [0.2, 0.25) is 0 Å². The number of hydrogen-bond donors (Lipinski definition) is 2. The monoisotopic (exact) mass is 349 g/mol. The van der Waals surface area contributed by atoms with Crippen molar-refractivity contribution in [3.63, 3.8) is 0 Å². The number of rotatable bonds is 6. The zero-order valence-corrected chi connectivity index (χ0v) is 15.3. The fourth-order valence-corrected chi connectivity index (χ4v) is 2.57. The van der Waals surface area contributed by atoms with E-state index in [1.165, 1.54) is 11.6 Å². The van der Waals surface area contributed by atoms with Crippen LogP contribution in [0.1, 0.15) is 39.7 Å². The molecule has 2 aromatic rings. The first-order chi connectivity index (χ1) is 12.5. The van der Waals surface area contributed by atoms with Crippen LogP contribution in [-0.4, -0.2) is 16.1 Å². The molecule has 5 heteroatoms. The van der Waals surface area contributed by atoms with Gasteiger partial charge in [0.15, 0.2) is 0 Å². The molecule has 0 aliphatic heterocycles. The summed E-state index contributed by atoms with van der Waals surface area (Å²) in [6.45, 7) is 9.92. The average Bonchev–Trinajstić information content (AvgIpc) is 2.61. The Kier molecular flexibility index (Phi) is 6.44. The summed E-state index contributed by atoms with van der Waals surface area (Å²) in [4.78, 5) is 24.5. The Morgan fingerprint density at radius 1 is 1.31 bits per heavy atom. The van der Waals surface area contributed by atoms with Crippen LogP contribution in [0.3, 0.4) is 0 Å². The first-order valence-corrected chi connectivity index (χ1v) is 8.36. The van der Waals surface area contributed by atoms with Gasteiger partial charge >= 0.3 is 0 Å². The third-order valence-corrected chi connectivity index (χ3v) is 3.93. The molecular weight excluding hydrogens is 326 g/mol. The van der Waals surface area contributed by atoms with Crippen LogP contribution in [0, 0.1) is 13.8 Å². The molecule has 1 aromatic heterocycles. The molecule has 5 nitrogen and oxygen atoms in total. The van der Waals surface area contributed by atoms with Crippen LogP contribution in [0.4, 0.5) is 0 Å². The number of H-pyrrole nitrogens is 1. The van der Waals surface area contributed by atoms with E-state index in [4.69, 9.17) is 0 Å². The normalized spacial score (nSPS) is 11.6. The third-order valence-electron chi connectivity index (χ3n) is 3.93. The third kappa shape index (κ3) is 4.66. The van der Waals surface area contributed by atoms with Crippen LogP contribution in [0.5, 0.6) is 0 Å². The number of hydrogen-bond acceptors (Lipinski definition) is 3. The molecule has 0 atom stereocenters. The van der Waals surface area contributed by atoms with E-state index in [0.29, 0.717) is 12.2 Å². The Balaban J connectivity index is 2.25. The Bertz CT molecular complexity index is 937. The SMILES string of the molecule is C=C/C=C(\C=C/C)c1cc(C(=O)NCc2ccc(C)cc2C)c(=O)[nH]n1. The van der Waals surface area contributed by atoms with Gasteiger partial charge in [-0.3, -0.25) is 9.59 Å². The molecule has 1 aromatic carbocycles. The summed E-state index contributed by atoms with van der Waals surface area (Å²) in [6.07, 6.45) is 7.07. The summed E-state index contributed by atoms with van der Waals surface area (Å²) >= 11 is 0. The summed E-state index contributed by atoms with van der Waals surface area (Å²) in [5.41, 5.74) is 4.03. The first-order valence-electron chi connectivity index (χ1n) is 8.36. The molecule has 0 saturated carbocycles. The van der Waals surface area contributed by atoms with Crippen molar-refractivity contribution in [1.82, 2.24) is 15.5 Å². The second kappa shape index (κ2) is 8.76. The van der Waals surface area contributed by atoms with Gasteiger partial charge in [0.1, 0.15) is 5.56 Å². The highest BCUT2D eigenvalue weighted by molar-refractivity contribution is 5.94. The summed E-state index contributed by atoms with van der Waals surface area (Å²) < 4.78 is 0. The van der Waals surface area contributed by atoms with E-state index in [1.807, 2.05) is 45.1 Å². The fourth-order valence-electron chi connectivity index (χ4n) is 2.57. The maximum Gasteiger partial charge on any atom is 0.277 e. The summed E-state index contributed by atoms with van der Waals surface area (Å²) in [5.74, 6) is -0.437. The summed E-state index contributed by atoms with van der Waals surface area (Å²) in [7, 11) is 0. The molecule has 0 unspecified atom stereocenters. The molecule has 0 radical (unpaired) electrons. The number of amides is 1. The number of aryl methyl sites for hydroxylation is 2. The standard InChI is InChI=1S/C21H23N3O2/c1-5-7-16(8-6-2)19-12-18(21(26)24-23-19)20(25)22-13-17-10-9-14(3)11-15(17)4/h5-12H,1,13H2,2-4H3,(H,22,25)(H,24,26)/b8-6-,16-7+. The highest BCUT2D eigenvalue weighted by Gasteiger charge is 2.13. The second-order valence-electron chi connectivity index (χ2n) is 5.97. The number of carbonyl (C=O) groups is 1. The molecule has 26 heavy (non-hydrogen) atoms. The molecule has 0 fully saturated rings. The number of allylic oxidation sites excluding steroid dienone is 5. The highest BCUT2D eigenvalue weighted by atomic mass is 16.2. The minimum absolute atomic E-state index is 0.0271. The number of nitrogens with zero attached hydrogens (tertiary/aromatic N) is 1. The van der Waals surface area contributed by atoms with Crippen LogP contribution >= 0.6 is 0 Å². The quantitative estimate of drug-likeness (QED) is 0.784. The number of aromatic nitrogens is 2. The van der Waals surface area contributed by atoms with Crippen molar-refractivity contribution in [3.05, 3.63) is 93.5 Å². The van der Waals surface area contributed by atoms with Gasteiger partial charge in [-0.2, -0.15) is 5.10 Å². The van der Waals surface area contributed by atoms with Crippen molar-refractivity contribution < 1.29 is 4.79 Å². The largest absolute Gasteiger partial charge is 0.348 e. The molecule has 2 rings (SSSR count). The molecule has 0 aliphatic rings. The lowest BCUT2D eigenvalue weighted by molar-refractivity contribution is 0.0949. The van der Waals surface area contributed by atoms with Gasteiger partial charge in [0.25, 0.3) is 11.5 Å². The van der Waals surface area contributed by atoms with Gasteiger partial charge < -0.3 is 5.32 Å². The molecule has 1 heterocycles. The van der Waals surface area contributed by atoms with Gasteiger partial charge in [0, 0.05) is 12.1 Å². The molecule has 0 saturated heterocycles. The fraction of sp³-hybridized carbons (Fsp3) is 0.190. The predicted octanol–water partition coefficient (Wildman–Crippen LogP) is 3.46. The summed E-state index contributed by atoms with van der Waals surface area (Å²) in [6, 6.07) is 7.52. The van der Waals surface area contributed by atoms with Crippen molar-refractivity contribution in [2.75, 3.05) is 0 Å². The van der Waals surface area contributed by atoms with Crippen LogP contribution < -0.4 is 10.9 Å². The molecule has 134 valence electrons. The van der Waals surface area contributed by atoms with Gasteiger partial charge in [0.2, 0.25) is 0 Å². The van der Waals surface area contributed by atoms with E-state index < -0.39 is 11.5 Å². The molecule has 0 spiro atoms. The van der Waals surface area contributed by atoms with E-state index in [2.05, 4.69) is 28.2 Å². The maximum atomic E-state index is 12.5. The lowest BCUT2D eigenvalue weighted by Crippen LogP contribution is -2.30. The number of aromatic amines is 1. The van der Waals surface area contributed by atoms with Crippen molar-refractivity contribution in [2.24, 2.45) is 0 Å². The van der Waals surface area contributed by atoms with Gasteiger partial charge in [-0.1, -0.05) is 54.6 Å². The van der Waals surface area contributed by atoms with E-state index in [0.717, 1.165) is 16.7 Å². The number of nitrogens with one attached hydrogen (secondary N) is 2. The van der Waals surface area contributed by atoms with Crippen LogP contribution in [0.15, 0.2) is 59.9 Å². The molecule has 0 bridgehead atoms. The Labute approximate surface area is 153 Å². The second-order valence-corrected chi connectivity index (χ2v) is 5.97. The first kappa shape index (κ1) is 19.1.